The summed E-state index contributed by atoms with van der Waals surface area (Å²) in [5.41, 5.74) is 12.2. The Balaban J connectivity index is 3.02. The number of methoxy groups -OCH3 is 1. The average molecular weight is 186 g/mol. The number of ether oxygens (including phenoxy) is 1. The minimum Gasteiger partial charge on any atom is -0.465 e. The van der Waals surface area contributed by atoms with E-state index in [1.807, 2.05) is 0 Å². The molecule has 5 heteroatoms. The molecule has 12 heavy (non-hydrogen) atoms. The van der Waals surface area contributed by atoms with Gasteiger partial charge in [-0.2, -0.15) is 0 Å². The van der Waals surface area contributed by atoms with Crippen LogP contribution in [0.15, 0.2) is 5.38 Å². The van der Waals surface area contributed by atoms with Crippen LogP contribution in [-0.2, 0) is 11.3 Å². The lowest BCUT2D eigenvalue weighted by Gasteiger charge is -1.97. The van der Waals surface area contributed by atoms with E-state index in [1.54, 1.807) is 5.38 Å². The number of carbonyl (C=O) groups is 1. The summed E-state index contributed by atoms with van der Waals surface area (Å²) in [4.78, 5) is 11.5. The van der Waals surface area contributed by atoms with E-state index in [0.717, 1.165) is 5.56 Å². The molecule has 0 atom stereocenters. The molecule has 0 fully saturated rings. The highest BCUT2D eigenvalue weighted by atomic mass is 32.1. The van der Waals surface area contributed by atoms with E-state index in [1.165, 1.54) is 18.4 Å². The number of anilines is 1. The van der Waals surface area contributed by atoms with Crippen LogP contribution in [0.4, 0.5) is 5.69 Å². The zero-order chi connectivity index (χ0) is 9.14. The molecule has 4 N–H and O–H groups in total. The highest BCUT2D eigenvalue weighted by Crippen LogP contribution is 2.25. The Labute approximate surface area is 74.1 Å². The van der Waals surface area contributed by atoms with E-state index in [4.69, 9.17) is 11.5 Å². The zero-order valence-electron chi connectivity index (χ0n) is 6.66. The number of esters is 1. The topological polar surface area (TPSA) is 78.3 Å². The molecule has 66 valence electrons. The fourth-order valence-corrected chi connectivity index (χ4v) is 1.73. The largest absolute Gasteiger partial charge is 0.465 e. The van der Waals surface area contributed by atoms with Crippen molar-refractivity contribution in [1.29, 1.82) is 0 Å². The maximum Gasteiger partial charge on any atom is 0.350 e. The van der Waals surface area contributed by atoms with Crippen LogP contribution in [0.3, 0.4) is 0 Å². The molecule has 0 unspecified atom stereocenters. The Kier molecular flexibility index (Phi) is 2.67. The van der Waals surface area contributed by atoms with E-state index < -0.39 is 5.97 Å². The SMILES string of the molecule is COC(=O)c1scc(CN)c1N. The van der Waals surface area contributed by atoms with Gasteiger partial charge in [0.25, 0.3) is 0 Å². The summed E-state index contributed by atoms with van der Waals surface area (Å²) >= 11 is 1.25. The molecule has 0 aliphatic heterocycles. The van der Waals surface area contributed by atoms with Crippen LogP contribution in [-0.4, -0.2) is 13.1 Å². The van der Waals surface area contributed by atoms with Gasteiger partial charge in [-0.25, -0.2) is 4.79 Å². The summed E-state index contributed by atoms with van der Waals surface area (Å²) in [5, 5.41) is 1.77. The van der Waals surface area contributed by atoms with Crippen LogP contribution >= 0.6 is 11.3 Å². The first kappa shape index (κ1) is 9.02. The smallest absolute Gasteiger partial charge is 0.350 e. The predicted octanol–water partition coefficient (Wildman–Crippen LogP) is 0.576. The number of nitrogen functional groups attached to an aromatic ring is 1. The van der Waals surface area contributed by atoms with Crippen molar-refractivity contribution in [3.05, 3.63) is 15.8 Å². The Morgan fingerprint density at radius 2 is 2.42 bits per heavy atom. The lowest BCUT2D eigenvalue weighted by atomic mass is 10.2. The second kappa shape index (κ2) is 3.55. The Bertz CT molecular complexity index is 296. The van der Waals surface area contributed by atoms with Gasteiger partial charge in [0, 0.05) is 12.1 Å². The Morgan fingerprint density at radius 1 is 1.75 bits per heavy atom. The molecule has 1 heterocycles. The first-order valence-corrected chi connectivity index (χ1v) is 4.23. The first-order valence-electron chi connectivity index (χ1n) is 3.35. The summed E-state index contributed by atoms with van der Waals surface area (Å²) in [6.07, 6.45) is 0. The van der Waals surface area contributed by atoms with Gasteiger partial charge in [0.1, 0.15) is 4.88 Å². The first-order chi connectivity index (χ1) is 5.70. The second-order valence-corrected chi connectivity index (χ2v) is 3.08. The Hall–Kier alpha value is -1.07. The van der Waals surface area contributed by atoms with Gasteiger partial charge in [0.05, 0.1) is 12.8 Å². The predicted molar refractivity (Wildman–Crippen MR) is 48.0 cm³/mol. The van der Waals surface area contributed by atoms with E-state index in [9.17, 15) is 4.79 Å². The van der Waals surface area contributed by atoms with Crippen LogP contribution < -0.4 is 11.5 Å². The standard InChI is InChI=1S/C7H10N2O2S/c1-11-7(10)6-5(9)4(2-8)3-12-6/h3H,2,8-9H2,1H3. The van der Waals surface area contributed by atoms with Gasteiger partial charge in [0.2, 0.25) is 0 Å². The number of hydrogen-bond donors (Lipinski definition) is 2. The van der Waals surface area contributed by atoms with E-state index in [0.29, 0.717) is 17.1 Å². The molecule has 0 amide bonds. The molecule has 0 spiro atoms. The van der Waals surface area contributed by atoms with Gasteiger partial charge < -0.3 is 16.2 Å². The lowest BCUT2D eigenvalue weighted by molar-refractivity contribution is 0.0607. The summed E-state index contributed by atoms with van der Waals surface area (Å²) in [7, 11) is 1.32. The summed E-state index contributed by atoms with van der Waals surface area (Å²) < 4.78 is 4.53. The van der Waals surface area contributed by atoms with Gasteiger partial charge in [-0.1, -0.05) is 0 Å². The summed E-state index contributed by atoms with van der Waals surface area (Å²) in [5.74, 6) is -0.405. The highest BCUT2D eigenvalue weighted by Gasteiger charge is 2.14. The van der Waals surface area contributed by atoms with Crippen LogP contribution in [0, 0.1) is 0 Å². The molecule has 1 aromatic heterocycles. The van der Waals surface area contributed by atoms with E-state index >= 15 is 0 Å². The number of carbonyl (C=O) groups excluding carboxylic acids is 1. The zero-order valence-corrected chi connectivity index (χ0v) is 7.48. The molecule has 0 saturated heterocycles. The third kappa shape index (κ3) is 1.41. The molecule has 0 aliphatic rings. The molecule has 1 aromatic rings. The summed E-state index contributed by atoms with van der Waals surface area (Å²) in [6, 6.07) is 0. The van der Waals surface area contributed by atoms with Crippen molar-refractivity contribution in [2.45, 2.75) is 6.54 Å². The molecule has 0 aromatic carbocycles. The van der Waals surface area contributed by atoms with Gasteiger partial charge in [-0.05, 0) is 5.38 Å². The van der Waals surface area contributed by atoms with Crippen molar-refractivity contribution in [2.75, 3.05) is 12.8 Å². The molecule has 0 saturated carbocycles. The number of rotatable bonds is 2. The fourth-order valence-electron chi connectivity index (χ4n) is 0.812. The Morgan fingerprint density at radius 3 is 2.83 bits per heavy atom. The molecule has 0 radical (unpaired) electrons. The van der Waals surface area contributed by atoms with Crippen molar-refractivity contribution >= 4 is 23.0 Å². The maximum atomic E-state index is 11.0. The summed E-state index contributed by atoms with van der Waals surface area (Å²) in [6.45, 7) is 0.347. The van der Waals surface area contributed by atoms with Crippen LogP contribution in [0.1, 0.15) is 15.2 Å². The fraction of sp³-hybridized carbons (Fsp3) is 0.286. The number of nitrogens with two attached hydrogens (primary N) is 2. The molecule has 1 rings (SSSR count). The molecule has 0 aliphatic carbocycles. The highest BCUT2D eigenvalue weighted by molar-refractivity contribution is 7.12. The third-order valence-corrected chi connectivity index (χ3v) is 2.52. The monoisotopic (exact) mass is 186 g/mol. The van der Waals surface area contributed by atoms with Gasteiger partial charge in [-0.15, -0.1) is 11.3 Å². The minimum atomic E-state index is -0.405. The molecule has 4 nitrogen and oxygen atoms in total. The maximum absolute atomic E-state index is 11.0. The molecular formula is C7H10N2O2S. The van der Waals surface area contributed by atoms with Crippen molar-refractivity contribution in [1.82, 2.24) is 0 Å². The normalized spacial score (nSPS) is 9.83. The van der Waals surface area contributed by atoms with Crippen molar-refractivity contribution in [2.24, 2.45) is 5.73 Å². The number of thiophene rings is 1. The third-order valence-electron chi connectivity index (χ3n) is 1.50. The van der Waals surface area contributed by atoms with Crippen molar-refractivity contribution in [3.8, 4) is 0 Å². The minimum absolute atomic E-state index is 0.347. The molecule has 0 bridgehead atoms. The van der Waals surface area contributed by atoms with Gasteiger partial charge >= 0.3 is 5.97 Å². The molecular weight excluding hydrogens is 176 g/mol. The number of hydrogen-bond acceptors (Lipinski definition) is 5. The van der Waals surface area contributed by atoms with Crippen molar-refractivity contribution in [3.63, 3.8) is 0 Å². The quantitative estimate of drug-likeness (QED) is 0.662. The van der Waals surface area contributed by atoms with Gasteiger partial charge in [0.15, 0.2) is 0 Å². The van der Waals surface area contributed by atoms with Crippen LogP contribution in [0.5, 0.6) is 0 Å². The second-order valence-electron chi connectivity index (χ2n) is 2.20. The van der Waals surface area contributed by atoms with Gasteiger partial charge in [-0.3, -0.25) is 0 Å². The van der Waals surface area contributed by atoms with E-state index in [2.05, 4.69) is 4.74 Å². The van der Waals surface area contributed by atoms with Crippen LogP contribution in [0.25, 0.3) is 0 Å². The van der Waals surface area contributed by atoms with Crippen LogP contribution in [0.2, 0.25) is 0 Å². The van der Waals surface area contributed by atoms with Crippen molar-refractivity contribution < 1.29 is 9.53 Å². The average Bonchev–Trinajstić information content (AvgIpc) is 2.45. The lowest BCUT2D eigenvalue weighted by Crippen LogP contribution is -2.04. The van der Waals surface area contributed by atoms with E-state index in [-0.39, 0.29) is 0 Å².